The number of benzene rings is 2. The molecule has 0 bridgehead atoms. The Kier molecular flexibility index (Phi) is 4.48. The highest BCUT2D eigenvalue weighted by Crippen LogP contribution is 2.46. The van der Waals surface area contributed by atoms with Gasteiger partial charge in [0.15, 0.2) is 6.03 Å². The van der Waals surface area contributed by atoms with Crippen molar-refractivity contribution in [2.24, 2.45) is 0 Å². The van der Waals surface area contributed by atoms with Crippen molar-refractivity contribution in [3.05, 3.63) is 64.2 Å². The fourth-order valence-corrected chi connectivity index (χ4v) is 4.31. The summed E-state index contributed by atoms with van der Waals surface area (Å²) in [6, 6.07) is 10.6. The zero-order chi connectivity index (χ0) is 16.5. The topological polar surface area (TPSA) is 51.2 Å². The molecular weight excluding hydrogens is 295 g/mol. The molecule has 3 nitrogen and oxygen atoms in total. The first-order valence-corrected chi connectivity index (χ1v) is 8.84. The van der Waals surface area contributed by atoms with Crippen molar-refractivity contribution in [1.82, 2.24) is 0 Å². The lowest BCUT2D eigenvalue weighted by Crippen LogP contribution is -2.16. The van der Waals surface area contributed by atoms with E-state index in [2.05, 4.69) is 0 Å². The van der Waals surface area contributed by atoms with Gasteiger partial charge in [-0.3, -0.25) is 9.59 Å². The Hall–Kier alpha value is -1.99. The van der Waals surface area contributed by atoms with E-state index in [1.807, 2.05) is 33.8 Å². The van der Waals surface area contributed by atoms with E-state index in [1.54, 1.807) is 30.3 Å². The van der Waals surface area contributed by atoms with Gasteiger partial charge in [-0.15, -0.1) is 0 Å². The number of aryl methyl sites for hydroxylation is 2. The summed E-state index contributed by atoms with van der Waals surface area (Å²) >= 11 is 0. The fourth-order valence-electron chi connectivity index (χ4n) is 2.58. The van der Waals surface area contributed by atoms with Gasteiger partial charge >= 0.3 is 0 Å². The van der Waals surface area contributed by atoms with Crippen molar-refractivity contribution in [1.29, 1.82) is 0 Å². The van der Waals surface area contributed by atoms with Gasteiger partial charge in [-0.25, -0.2) is 0 Å². The van der Waals surface area contributed by atoms with E-state index in [0.29, 0.717) is 11.6 Å². The second-order valence-corrected chi connectivity index (χ2v) is 7.99. The van der Waals surface area contributed by atoms with Crippen LogP contribution in [0.15, 0.2) is 36.4 Å². The number of carbonyl (C=O) groups is 2. The first kappa shape index (κ1) is 16.4. The standard InChI is InChI=1S/C18H19O3P/c1-12-10-13(2)15(4)17(14(12)3)18(20)22(21,11-19)16-8-6-5-7-9-16/h5-11H,1-4H3. The van der Waals surface area contributed by atoms with Crippen LogP contribution in [0.5, 0.6) is 0 Å². The van der Waals surface area contributed by atoms with Gasteiger partial charge < -0.3 is 4.57 Å². The highest BCUT2D eigenvalue weighted by molar-refractivity contribution is 7.98. The largest absolute Gasteiger partial charge is 0.302 e. The van der Waals surface area contributed by atoms with Crippen LogP contribution < -0.4 is 5.30 Å². The lowest BCUT2D eigenvalue weighted by atomic mass is 9.95. The van der Waals surface area contributed by atoms with Gasteiger partial charge in [-0.1, -0.05) is 36.4 Å². The Bertz CT molecular complexity index is 765. The first-order chi connectivity index (χ1) is 10.3. The van der Waals surface area contributed by atoms with Gasteiger partial charge in [0.25, 0.3) is 0 Å². The molecule has 0 radical (unpaired) electrons. The van der Waals surface area contributed by atoms with Crippen LogP contribution in [-0.4, -0.2) is 11.6 Å². The first-order valence-electron chi connectivity index (χ1n) is 7.07. The predicted octanol–water partition coefficient (Wildman–Crippen LogP) is 3.94. The summed E-state index contributed by atoms with van der Waals surface area (Å²) in [4.78, 5) is 24.5. The average Bonchev–Trinajstić information content (AvgIpc) is 2.53. The van der Waals surface area contributed by atoms with Gasteiger partial charge in [0.1, 0.15) is 0 Å². The Labute approximate surface area is 130 Å². The third-order valence-electron chi connectivity index (χ3n) is 4.17. The van der Waals surface area contributed by atoms with Crippen LogP contribution >= 0.6 is 7.14 Å². The van der Waals surface area contributed by atoms with E-state index < -0.39 is 12.7 Å². The molecule has 22 heavy (non-hydrogen) atoms. The van der Waals surface area contributed by atoms with Crippen molar-refractivity contribution in [2.75, 3.05) is 0 Å². The van der Waals surface area contributed by atoms with Gasteiger partial charge in [-0.05, 0) is 49.9 Å². The zero-order valence-corrected chi connectivity index (χ0v) is 14.1. The van der Waals surface area contributed by atoms with Gasteiger partial charge in [0, 0.05) is 10.9 Å². The molecule has 1 unspecified atom stereocenters. The summed E-state index contributed by atoms with van der Waals surface area (Å²) in [5, 5.41) is 0.285. The third kappa shape index (κ3) is 2.57. The molecule has 2 aromatic carbocycles. The molecule has 0 aromatic heterocycles. The van der Waals surface area contributed by atoms with Crippen LogP contribution in [0.25, 0.3) is 0 Å². The molecule has 0 heterocycles. The predicted molar refractivity (Wildman–Crippen MR) is 90.2 cm³/mol. The van der Waals surface area contributed by atoms with Crippen LogP contribution in [0.3, 0.4) is 0 Å². The number of carbonyl (C=O) groups excluding carboxylic acids is 2. The normalized spacial score (nSPS) is 13.5. The molecule has 0 aliphatic carbocycles. The molecule has 2 rings (SSSR count). The van der Waals surface area contributed by atoms with Crippen molar-refractivity contribution in [2.45, 2.75) is 27.7 Å². The zero-order valence-electron chi connectivity index (χ0n) is 13.2. The maximum Gasteiger partial charge on any atom is 0.240 e. The minimum Gasteiger partial charge on any atom is -0.302 e. The highest BCUT2D eigenvalue weighted by Gasteiger charge is 2.36. The molecule has 0 N–H and O–H groups in total. The van der Waals surface area contributed by atoms with E-state index >= 15 is 0 Å². The molecule has 0 saturated carbocycles. The summed E-state index contributed by atoms with van der Waals surface area (Å²) in [6.45, 7) is 7.48. The fraction of sp³-hybridized carbons (Fsp3) is 0.222. The molecule has 0 amide bonds. The summed E-state index contributed by atoms with van der Waals surface area (Å²) in [6.07, 6.45) is 0. The van der Waals surface area contributed by atoms with Gasteiger partial charge in [-0.2, -0.15) is 0 Å². The van der Waals surface area contributed by atoms with Crippen molar-refractivity contribution >= 4 is 24.0 Å². The molecule has 2 aromatic rings. The van der Waals surface area contributed by atoms with Crippen LogP contribution in [0, 0.1) is 27.7 Å². The lowest BCUT2D eigenvalue weighted by molar-refractivity contribution is 0.107. The Morgan fingerprint density at radius 2 is 1.45 bits per heavy atom. The Balaban J connectivity index is 2.71. The smallest absolute Gasteiger partial charge is 0.240 e. The maximum absolute atomic E-state index is 13.1. The minimum absolute atomic E-state index is 0.285. The summed E-state index contributed by atoms with van der Waals surface area (Å²) in [7, 11) is -3.78. The molecule has 4 heteroatoms. The molecule has 0 fully saturated rings. The maximum atomic E-state index is 13.1. The third-order valence-corrected chi connectivity index (χ3v) is 6.36. The summed E-state index contributed by atoms with van der Waals surface area (Å²) in [5.41, 5.74) is 3.32. The molecule has 114 valence electrons. The van der Waals surface area contributed by atoms with Gasteiger partial charge in [0.2, 0.25) is 12.7 Å². The SMILES string of the molecule is Cc1cc(C)c(C)c(C(=O)P(=O)(C=O)c2ccccc2)c1C. The van der Waals surface area contributed by atoms with Gasteiger partial charge in [0.05, 0.1) is 0 Å². The number of hydrogen-bond acceptors (Lipinski definition) is 3. The monoisotopic (exact) mass is 314 g/mol. The number of hydrogen-bond donors (Lipinski definition) is 0. The van der Waals surface area contributed by atoms with Crippen LogP contribution in [-0.2, 0) is 9.36 Å². The van der Waals surface area contributed by atoms with E-state index in [0.717, 1.165) is 22.3 Å². The van der Waals surface area contributed by atoms with Crippen LogP contribution in [0.1, 0.15) is 32.6 Å². The van der Waals surface area contributed by atoms with Crippen LogP contribution in [0.4, 0.5) is 0 Å². The van der Waals surface area contributed by atoms with Crippen LogP contribution in [0.2, 0.25) is 0 Å². The molecule has 0 aliphatic rings. The van der Waals surface area contributed by atoms with Crippen molar-refractivity contribution in [3.63, 3.8) is 0 Å². The Morgan fingerprint density at radius 3 is 1.91 bits per heavy atom. The van der Waals surface area contributed by atoms with E-state index in [1.165, 1.54) is 0 Å². The quantitative estimate of drug-likeness (QED) is 0.634. The van der Waals surface area contributed by atoms with E-state index in [9.17, 15) is 14.2 Å². The second-order valence-electron chi connectivity index (χ2n) is 5.54. The molecule has 0 spiro atoms. The Morgan fingerprint density at radius 1 is 0.955 bits per heavy atom. The van der Waals surface area contributed by atoms with E-state index in [-0.39, 0.29) is 5.30 Å². The summed E-state index contributed by atoms with van der Waals surface area (Å²) in [5.74, 6) is 0. The van der Waals surface area contributed by atoms with Crippen molar-refractivity contribution < 1.29 is 14.2 Å². The van der Waals surface area contributed by atoms with Crippen molar-refractivity contribution in [3.8, 4) is 0 Å². The molecular formula is C18H19O3P. The van der Waals surface area contributed by atoms with E-state index in [4.69, 9.17) is 0 Å². The second kappa shape index (κ2) is 6.02. The number of rotatable bonds is 4. The molecule has 0 aliphatic heterocycles. The molecule has 1 atom stereocenters. The highest BCUT2D eigenvalue weighted by atomic mass is 31.2. The summed E-state index contributed by atoms with van der Waals surface area (Å²) < 4.78 is 13.1. The minimum atomic E-state index is -3.78. The molecule has 0 saturated heterocycles. The lowest BCUT2D eigenvalue weighted by Gasteiger charge is -2.17. The average molecular weight is 314 g/mol.